The van der Waals surface area contributed by atoms with E-state index in [-0.39, 0.29) is 12.0 Å². The van der Waals surface area contributed by atoms with Crippen LogP contribution in [0.4, 0.5) is 0 Å². The molecule has 0 aliphatic rings. The van der Waals surface area contributed by atoms with Crippen LogP contribution in [-0.2, 0) is 23.9 Å². The van der Waals surface area contributed by atoms with Crippen molar-refractivity contribution in [3.05, 3.63) is 42.5 Å². The van der Waals surface area contributed by atoms with Gasteiger partial charge in [0.2, 0.25) is 0 Å². The second-order valence-electron chi connectivity index (χ2n) is 6.13. The lowest BCUT2D eigenvalue weighted by Gasteiger charge is -2.08. The SMILES string of the molecule is C=C(CC(=O)OCCCCCCCC)C(=O)OCC(=O)Oc1ccccc1. The molecular formula is C21H28O6. The largest absolute Gasteiger partial charge is 0.465 e. The molecule has 0 atom stereocenters. The van der Waals surface area contributed by atoms with Gasteiger partial charge in [0, 0.05) is 5.57 Å². The molecule has 0 heterocycles. The lowest BCUT2D eigenvalue weighted by molar-refractivity contribution is -0.152. The smallest absolute Gasteiger partial charge is 0.349 e. The van der Waals surface area contributed by atoms with Crippen LogP contribution in [-0.4, -0.2) is 31.1 Å². The number of hydrogen-bond donors (Lipinski definition) is 0. The first-order valence-electron chi connectivity index (χ1n) is 9.29. The van der Waals surface area contributed by atoms with Crippen molar-refractivity contribution < 1.29 is 28.6 Å². The Morgan fingerprint density at radius 3 is 2.26 bits per heavy atom. The Kier molecular flexibility index (Phi) is 11.3. The molecule has 0 saturated carbocycles. The molecule has 6 nitrogen and oxygen atoms in total. The van der Waals surface area contributed by atoms with Gasteiger partial charge in [-0.25, -0.2) is 9.59 Å². The van der Waals surface area contributed by atoms with Gasteiger partial charge in [0.15, 0.2) is 6.61 Å². The quantitative estimate of drug-likeness (QED) is 0.224. The van der Waals surface area contributed by atoms with E-state index < -0.39 is 24.5 Å². The standard InChI is InChI=1S/C21H28O6/c1-3-4-5-6-7-11-14-25-19(22)15-17(2)21(24)26-16-20(23)27-18-12-9-8-10-13-18/h8-10,12-13H,2-7,11,14-16H2,1H3. The predicted octanol–water partition coefficient (Wildman–Crippen LogP) is 3.99. The molecule has 0 aliphatic carbocycles. The van der Waals surface area contributed by atoms with Crippen molar-refractivity contribution in [3.63, 3.8) is 0 Å². The Hall–Kier alpha value is -2.63. The molecule has 0 spiro atoms. The van der Waals surface area contributed by atoms with Crippen LogP contribution >= 0.6 is 0 Å². The maximum absolute atomic E-state index is 11.8. The van der Waals surface area contributed by atoms with E-state index in [4.69, 9.17) is 14.2 Å². The molecule has 0 aromatic heterocycles. The van der Waals surface area contributed by atoms with Crippen molar-refractivity contribution in [2.75, 3.05) is 13.2 Å². The maximum atomic E-state index is 11.8. The van der Waals surface area contributed by atoms with Crippen LogP contribution in [0.1, 0.15) is 51.9 Å². The molecule has 148 valence electrons. The van der Waals surface area contributed by atoms with Crippen LogP contribution in [0.3, 0.4) is 0 Å². The number of hydrogen-bond acceptors (Lipinski definition) is 6. The lowest BCUT2D eigenvalue weighted by Crippen LogP contribution is -2.20. The Balaban J connectivity index is 2.15. The van der Waals surface area contributed by atoms with Crippen LogP contribution < -0.4 is 4.74 Å². The normalized spacial score (nSPS) is 10.1. The summed E-state index contributed by atoms with van der Waals surface area (Å²) in [6.45, 7) is 5.44. The molecule has 0 aliphatic heterocycles. The van der Waals surface area contributed by atoms with E-state index >= 15 is 0 Å². The number of carbonyl (C=O) groups is 3. The maximum Gasteiger partial charge on any atom is 0.349 e. The van der Waals surface area contributed by atoms with E-state index in [0.717, 1.165) is 19.3 Å². The van der Waals surface area contributed by atoms with Crippen molar-refractivity contribution in [3.8, 4) is 5.75 Å². The molecule has 1 aromatic carbocycles. The third kappa shape index (κ3) is 10.8. The minimum Gasteiger partial charge on any atom is -0.465 e. The van der Waals surface area contributed by atoms with E-state index in [2.05, 4.69) is 13.5 Å². The number of para-hydroxylation sites is 1. The Morgan fingerprint density at radius 2 is 1.56 bits per heavy atom. The van der Waals surface area contributed by atoms with Crippen LogP contribution in [0.2, 0.25) is 0 Å². The molecule has 6 heteroatoms. The van der Waals surface area contributed by atoms with Gasteiger partial charge in [-0.2, -0.15) is 0 Å². The summed E-state index contributed by atoms with van der Waals surface area (Å²) in [5.74, 6) is -1.71. The minimum atomic E-state index is -0.823. The lowest BCUT2D eigenvalue weighted by atomic mass is 10.1. The first kappa shape index (κ1) is 22.4. The molecule has 27 heavy (non-hydrogen) atoms. The zero-order valence-corrected chi connectivity index (χ0v) is 15.9. The van der Waals surface area contributed by atoms with Gasteiger partial charge in [0.1, 0.15) is 5.75 Å². The van der Waals surface area contributed by atoms with Crippen molar-refractivity contribution >= 4 is 17.9 Å². The highest BCUT2D eigenvalue weighted by atomic mass is 16.6. The summed E-state index contributed by atoms with van der Waals surface area (Å²) in [5.41, 5.74) is -0.0598. The molecule has 0 bridgehead atoms. The van der Waals surface area contributed by atoms with E-state index in [1.165, 1.54) is 19.3 Å². The Bertz CT molecular complexity index is 608. The van der Waals surface area contributed by atoms with Crippen molar-refractivity contribution in [1.29, 1.82) is 0 Å². The first-order chi connectivity index (χ1) is 13.0. The Labute approximate surface area is 160 Å². The highest BCUT2D eigenvalue weighted by Gasteiger charge is 2.16. The molecule has 0 radical (unpaired) electrons. The monoisotopic (exact) mass is 376 g/mol. The fourth-order valence-electron chi connectivity index (χ4n) is 2.24. The first-order valence-corrected chi connectivity index (χ1v) is 9.29. The van der Waals surface area contributed by atoms with Gasteiger partial charge < -0.3 is 14.2 Å². The van der Waals surface area contributed by atoms with E-state index in [1.54, 1.807) is 30.3 Å². The average Bonchev–Trinajstić information content (AvgIpc) is 2.66. The summed E-state index contributed by atoms with van der Waals surface area (Å²) in [7, 11) is 0. The molecule has 0 amide bonds. The third-order valence-corrected chi connectivity index (χ3v) is 3.70. The number of benzene rings is 1. The second-order valence-corrected chi connectivity index (χ2v) is 6.13. The molecule has 1 rings (SSSR count). The van der Waals surface area contributed by atoms with E-state index in [9.17, 15) is 14.4 Å². The Morgan fingerprint density at radius 1 is 0.889 bits per heavy atom. The fourth-order valence-corrected chi connectivity index (χ4v) is 2.24. The van der Waals surface area contributed by atoms with E-state index in [0.29, 0.717) is 12.4 Å². The molecule has 0 saturated heterocycles. The molecule has 1 aromatic rings. The van der Waals surface area contributed by atoms with Crippen molar-refractivity contribution in [1.82, 2.24) is 0 Å². The molecule has 0 N–H and O–H groups in total. The molecule has 0 fully saturated rings. The van der Waals surface area contributed by atoms with Crippen LogP contribution in [0.5, 0.6) is 5.75 Å². The average molecular weight is 376 g/mol. The van der Waals surface area contributed by atoms with Gasteiger partial charge in [-0.15, -0.1) is 0 Å². The number of unbranched alkanes of at least 4 members (excludes halogenated alkanes) is 5. The summed E-state index contributed by atoms with van der Waals surface area (Å²) >= 11 is 0. The van der Waals surface area contributed by atoms with Crippen LogP contribution in [0, 0.1) is 0 Å². The van der Waals surface area contributed by atoms with Crippen LogP contribution in [0.15, 0.2) is 42.5 Å². The zero-order chi connectivity index (χ0) is 19.9. The van der Waals surface area contributed by atoms with Gasteiger partial charge >= 0.3 is 17.9 Å². The van der Waals surface area contributed by atoms with Gasteiger partial charge in [0.05, 0.1) is 13.0 Å². The van der Waals surface area contributed by atoms with Gasteiger partial charge in [-0.3, -0.25) is 4.79 Å². The number of ether oxygens (including phenoxy) is 3. The summed E-state index contributed by atoms with van der Waals surface area (Å²) in [5, 5.41) is 0. The summed E-state index contributed by atoms with van der Waals surface area (Å²) in [4.78, 5) is 35.1. The summed E-state index contributed by atoms with van der Waals surface area (Å²) in [6.07, 6.45) is 6.29. The predicted molar refractivity (Wildman–Crippen MR) is 101 cm³/mol. The van der Waals surface area contributed by atoms with Gasteiger partial charge in [0.25, 0.3) is 0 Å². The highest BCUT2D eigenvalue weighted by Crippen LogP contribution is 2.09. The van der Waals surface area contributed by atoms with Crippen molar-refractivity contribution in [2.45, 2.75) is 51.9 Å². The topological polar surface area (TPSA) is 78.9 Å². The van der Waals surface area contributed by atoms with Gasteiger partial charge in [-0.05, 0) is 18.6 Å². The number of carbonyl (C=O) groups excluding carboxylic acids is 3. The zero-order valence-electron chi connectivity index (χ0n) is 15.9. The van der Waals surface area contributed by atoms with Gasteiger partial charge in [-0.1, -0.05) is 63.8 Å². The second kappa shape index (κ2) is 13.6. The number of rotatable bonds is 13. The highest BCUT2D eigenvalue weighted by molar-refractivity contribution is 5.94. The molecular weight excluding hydrogens is 348 g/mol. The molecule has 0 unspecified atom stereocenters. The number of esters is 3. The minimum absolute atomic E-state index is 0.0598. The summed E-state index contributed by atoms with van der Waals surface area (Å²) in [6, 6.07) is 8.43. The third-order valence-electron chi connectivity index (χ3n) is 3.70. The van der Waals surface area contributed by atoms with Crippen LogP contribution in [0.25, 0.3) is 0 Å². The van der Waals surface area contributed by atoms with E-state index in [1.807, 2.05) is 0 Å². The van der Waals surface area contributed by atoms with Crippen molar-refractivity contribution in [2.24, 2.45) is 0 Å². The summed E-state index contributed by atoms with van der Waals surface area (Å²) < 4.78 is 14.9. The fraction of sp³-hybridized carbons (Fsp3) is 0.476.